The van der Waals surface area contributed by atoms with Gasteiger partial charge in [0.25, 0.3) is 0 Å². The van der Waals surface area contributed by atoms with E-state index in [1.165, 1.54) is 25.8 Å². The first-order chi connectivity index (χ1) is 12.5. The van der Waals surface area contributed by atoms with Gasteiger partial charge in [-0.25, -0.2) is 13.8 Å². The van der Waals surface area contributed by atoms with E-state index in [-0.39, 0.29) is 5.56 Å². The Morgan fingerprint density at radius 1 is 1.12 bits per heavy atom. The Labute approximate surface area is 150 Å². The smallest absolute Gasteiger partial charge is 0.229 e. The van der Waals surface area contributed by atoms with Gasteiger partial charge in [0, 0.05) is 23.2 Å². The Morgan fingerprint density at radius 2 is 1.88 bits per heavy atom. The Balaban J connectivity index is 1.70. The largest absolute Gasteiger partial charge is 0.367 e. The average Bonchev–Trinajstić information content (AvgIpc) is 3.45. The van der Waals surface area contributed by atoms with E-state index in [0.717, 1.165) is 22.8 Å². The second-order valence-electron chi connectivity index (χ2n) is 6.90. The molecule has 4 rings (SSSR count). The highest BCUT2D eigenvalue weighted by Gasteiger charge is 2.28. The normalized spacial score (nSPS) is 15.1. The maximum absolute atomic E-state index is 13.7. The number of aromatic nitrogens is 2. The Hall–Kier alpha value is -2.76. The minimum absolute atomic E-state index is 0.231. The summed E-state index contributed by atoms with van der Waals surface area (Å²) in [5, 5.41) is 7.41. The summed E-state index contributed by atoms with van der Waals surface area (Å²) in [7, 11) is 0. The van der Waals surface area contributed by atoms with E-state index in [9.17, 15) is 8.78 Å². The van der Waals surface area contributed by atoms with Gasteiger partial charge in [0.15, 0.2) is 11.6 Å². The molecule has 0 spiro atoms. The molecule has 1 aliphatic rings. The zero-order valence-corrected chi connectivity index (χ0v) is 14.7. The molecule has 1 atom stereocenters. The minimum Gasteiger partial charge on any atom is -0.367 e. The van der Waals surface area contributed by atoms with Gasteiger partial charge in [0.1, 0.15) is 5.82 Å². The van der Waals surface area contributed by atoms with Gasteiger partial charge in [-0.2, -0.15) is 4.98 Å². The Kier molecular flexibility index (Phi) is 4.18. The lowest BCUT2D eigenvalue weighted by molar-refractivity contribution is 0.503. The fraction of sp³-hybridized carbons (Fsp3) is 0.300. The highest BCUT2D eigenvalue weighted by atomic mass is 19.2. The van der Waals surface area contributed by atoms with E-state index in [0.29, 0.717) is 23.6 Å². The van der Waals surface area contributed by atoms with Gasteiger partial charge < -0.3 is 10.6 Å². The van der Waals surface area contributed by atoms with Crippen molar-refractivity contribution in [2.24, 2.45) is 5.92 Å². The van der Waals surface area contributed by atoms with Crippen molar-refractivity contribution in [2.45, 2.75) is 32.7 Å². The van der Waals surface area contributed by atoms with Crippen molar-refractivity contribution in [1.82, 2.24) is 9.97 Å². The van der Waals surface area contributed by atoms with Crippen LogP contribution in [0.5, 0.6) is 0 Å². The number of rotatable bonds is 5. The van der Waals surface area contributed by atoms with Crippen molar-refractivity contribution in [1.29, 1.82) is 0 Å². The molecule has 3 aromatic rings. The molecule has 0 amide bonds. The van der Waals surface area contributed by atoms with Crippen LogP contribution in [0.1, 0.15) is 25.3 Å². The van der Waals surface area contributed by atoms with Crippen LogP contribution in [0.2, 0.25) is 0 Å². The standard InChI is InChI=1S/C20H20F2N4/c1-11-9-14(10-16(21)18(11)22)24-20-25-17-6-4-3-5-15(17)19(26-20)23-12(2)13-7-8-13/h3-6,9-10,12-13H,7-8H2,1-2H3,(H2,23,24,25,26)/t12-/m1/s1. The van der Waals surface area contributed by atoms with E-state index < -0.39 is 11.6 Å². The van der Waals surface area contributed by atoms with Crippen LogP contribution in [-0.4, -0.2) is 16.0 Å². The summed E-state index contributed by atoms with van der Waals surface area (Å²) in [4.78, 5) is 9.08. The molecule has 1 fully saturated rings. The number of anilines is 3. The molecular weight excluding hydrogens is 334 g/mol. The number of para-hydroxylation sites is 1. The number of nitrogens with one attached hydrogen (secondary N) is 2. The maximum Gasteiger partial charge on any atom is 0.229 e. The van der Waals surface area contributed by atoms with Gasteiger partial charge in [-0.15, -0.1) is 0 Å². The second-order valence-corrected chi connectivity index (χ2v) is 6.90. The number of halogens is 2. The first-order valence-corrected chi connectivity index (χ1v) is 8.77. The second kappa shape index (κ2) is 6.52. The Bertz CT molecular complexity index is 946. The zero-order valence-electron chi connectivity index (χ0n) is 14.7. The highest BCUT2D eigenvalue weighted by molar-refractivity contribution is 5.90. The average molecular weight is 354 g/mol. The predicted octanol–water partition coefficient (Wildman–Crippen LogP) is 5.17. The van der Waals surface area contributed by atoms with E-state index in [2.05, 4.69) is 27.5 Å². The summed E-state index contributed by atoms with van der Waals surface area (Å²) in [5.74, 6) is 0.0370. The van der Waals surface area contributed by atoms with Crippen LogP contribution < -0.4 is 10.6 Å². The molecule has 1 aliphatic carbocycles. The lowest BCUT2D eigenvalue weighted by Crippen LogP contribution is -2.19. The third-order valence-electron chi connectivity index (χ3n) is 4.76. The van der Waals surface area contributed by atoms with Crippen molar-refractivity contribution in [3.05, 3.63) is 53.6 Å². The van der Waals surface area contributed by atoms with E-state index in [1.807, 2.05) is 24.3 Å². The van der Waals surface area contributed by atoms with Gasteiger partial charge >= 0.3 is 0 Å². The lowest BCUT2D eigenvalue weighted by atomic mass is 10.2. The van der Waals surface area contributed by atoms with Gasteiger partial charge in [0.05, 0.1) is 5.52 Å². The van der Waals surface area contributed by atoms with Crippen molar-refractivity contribution in [2.75, 3.05) is 10.6 Å². The molecule has 1 saturated carbocycles. The molecule has 4 nitrogen and oxygen atoms in total. The summed E-state index contributed by atoms with van der Waals surface area (Å²) in [6.07, 6.45) is 2.47. The maximum atomic E-state index is 13.7. The monoisotopic (exact) mass is 354 g/mol. The van der Waals surface area contributed by atoms with Crippen LogP contribution in [-0.2, 0) is 0 Å². The minimum atomic E-state index is -0.894. The number of nitrogens with zero attached hydrogens (tertiary/aromatic N) is 2. The van der Waals surface area contributed by atoms with Crippen molar-refractivity contribution >= 4 is 28.4 Å². The first kappa shape index (κ1) is 16.7. The van der Waals surface area contributed by atoms with Crippen LogP contribution in [0.4, 0.5) is 26.2 Å². The fourth-order valence-corrected chi connectivity index (χ4v) is 3.10. The summed E-state index contributed by atoms with van der Waals surface area (Å²) in [6.45, 7) is 3.68. The van der Waals surface area contributed by atoms with Crippen molar-refractivity contribution in [3.63, 3.8) is 0 Å². The van der Waals surface area contributed by atoms with Crippen LogP contribution >= 0.6 is 0 Å². The molecular formula is C20H20F2N4. The number of hydrogen-bond donors (Lipinski definition) is 2. The highest BCUT2D eigenvalue weighted by Crippen LogP contribution is 2.35. The molecule has 26 heavy (non-hydrogen) atoms. The van der Waals surface area contributed by atoms with Crippen LogP contribution in [0, 0.1) is 24.5 Å². The summed E-state index contributed by atoms with van der Waals surface area (Å²) in [6, 6.07) is 10.7. The van der Waals surface area contributed by atoms with E-state index in [1.54, 1.807) is 0 Å². The van der Waals surface area contributed by atoms with Crippen molar-refractivity contribution in [3.8, 4) is 0 Å². The van der Waals surface area contributed by atoms with E-state index >= 15 is 0 Å². The molecule has 2 N–H and O–H groups in total. The van der Waals surface area contributed by atoms with Gasteiger partial charge in [-0.1, -0.05) is 12.1 Å². The molecule has 1 aromatic heterocycles. The topological polar surface area (TPSA) is 49.8 Å². The SMILES string of the molecule is Cc1cc(Nc2nc(N[C@H](C)C3CC3)c3ccccc3n2)cc(F)c1F. The summed E-state index contributed by atoms with van der Waals surface area (Å²) >= 11 is 0. The molecule has 2 aromatic carbocycles. The number of benzene rings is 2. The number of aryl methyl sites for hydroxylation is 1. The van der Waals surface area contributed by atoms with Crippen molar-refractivity contribution < 1.29 is 8.78 Å². The number of hydrogen-bond acceptors (Lipinski definition) is 4. The van der Waals surface area contributed by atoms with Crippen LogP contribution in [0.25, 0.3) is 10.9 Å². The van der Waals surface area contributed by atoms with Gasteiger partial charge in [-0.05, 0) is 56.4 Å². The summed E-state index contributed by atoms with van der Waals surface area (Å²) < 4.78 is 27.2. The predicted molar refractivity (Wildman–Crippen MR) is 99.7 cm³/mol. The molecule has 0 unspecified atom stereocenters. The molecule has 6 heteroatoms. The molecule has 0 radical (unpaired) electrons. The summed E-state index contributed by atoms with van der Waals surface area (Å²) in [5.41, 5.74) is 1.43. The fourth-order valence-electron chi connectivity index (χ4n) is 3.10. The molecule has 1 heterocycles. The number of fused-ring (bicyclic) bond motifs is 1. The first-order valence-electron chi connectivity index (χ1n) is 8.77. The lowest BCUT2D eigenvalue weighted by Gasteiger charge is -2.16. The van der Waals surface area contributed by atoms with Crippen LogP contribution in [0.15, 0.2) is 36.4 Å². The molecule has 134 valence electrons. The quantitative estimate of drug-likeness (QED) is 0.664. The van der Waals surface area contributed by atoms with Gasteiger partial charge in [0.2, 0.25) is 5.95 Å². The molecule has 0 bridgehead atoms. The Morgan fingerprint density at radius 3 is 2.62 bits per heavy atom. The molecule has 0 saturated heterocycles. The molecule has 0 aliphatic heterocycles. The van der Waals surface area contributed by atoms with E-state index in [4.69, 9.17) is 0 Å². The van der Waals surface area contributed by atoms with Crippen LogP contribution in [0.3, 0.4) is 0 Å². The third-order valence-corrected chi connectivity index (χ3v) is 4.76. The van der Waals surface area contributed by atoms with Gasteiger partial charge in [-0.3, -0.25) is 0 Å². The third kappa shape index (κ3) is 3.31. The zero-order chi connectivity index (χ0) is 18.3.